The molecule has 0 bridgehead atoms. The van der Waals surface area contributed by atoms with E-state index in [1.807, 2.05) is 0 Å². The Bertz CT molecular complexity index is 485. The highest BCUT2D eigenvalue weighted by Gasteiger charge is 2.15. The number of amides is 1. The number of carbonyl (C=O) groups is 1. The largest absolute Gasteiger partial charge is 0.453 e. The minimum absolute atomic E-state index is 0.295. The van der Waals surface area contributed by atoms with Crippen LogP contribution in [0.3, 0.4) is 0 Å². The molecule has 0 heterocycles. The fourth-order valence-electron chi connectivity index (χ4n) is 1.73. The van der Waals surface area contributed by atoms with Crippen molar-refractivity contribution in [3.63, 3.8) is 0 Å². The van der Waals surface area contributed by atoms with E-state index in [0.717, 1.165) is 5.56 Å². The molecule has 0 fully saturated rings. The van der Waals surface area contributed by atoms with E-state index in [-0.39, 0.29) is 6.16 Å². The summed E-state index contributed by atoms with van der Waals surface area (Å²) >= 11 is 0. The van der Waals surface area contributed by atoms with Crippen molar-refractivity contribution in [2.24, 2.45) is 5.73 Å². The number of benzene rings is 1. The van der Waals surface area contributed by atoms with Crippen molar-refractivity contribution in [3.8, 4) is 0 Å². The zero-order valence-corrected chi connectivity index (χ0v) is 12.1. The van der Waals surface area contributed by atoms with Crippen LogP contribution >= 0.6 is 7.60 Å². The molecule has 1 rings (SSSR count). The van der Waals surface area contributed by atoms with Gasteiger partial charge < -0.3 is 25.2 Å². The van der Waals surface area contributed by atoms with Gasteiger partial charge in [-0.3, -0.25) is 4.57 Å². The van der Waals surface area contributed by atoms with Crippen LogP contribution in [0.15, 0.2) is 24.3 Å². The fraction of sp³-hybridized carbons (Fsp3) is 0.417. The summed E-state index contributed by atoms with van der Waals surface area (Å²) in [5.74, 6) is 0. The molecule has 20 heavy (non-hydrogen) atoms. The summed E-state index contributed by atoms with van der Waals surface area (Å²) in [6.07, 6.45) is -0.758. The number of nitrogens with zero attached hydrogens (tertiary/aromatic N) is 1. The van der Waals surface area contributed by atoms with Gasteiger partial charge in [0.2, 0.25) is 0 Å². The van der Waals surface area contributed by atoms with Gasteiger partial charge in [-0.05, 0) is 11.1 Å². The molecule has 0 aliphatic heterocycles. The van der Waals surface area contributed by atoms with Gasteiger partial charge in [0.05, 0.1) is 13.3 Å². The van der Waals surface area contributed by atoms with Gasteiger partial charge in [-0.25, -0.2) is 4.79 Å². The first-order valence-corrected chi connectivity index (χ1v) is 7.81. The minimum atomic E-state index is -4.06. The predicted molar refractivity (Wildman–Crippen MR) is 74.1 cm³/mol. The van der Waals surface area contributed by atoms with Crippen LogP contribution in [0.4, 0.5) is 4.79 Å². The first-order valence-electron chi connectivity index (χ1n) is 6.01. The number of rotatable bonds is 6. The Hall–Kier alpha value is -1.40. The van der Waals surface area contributed by atoms with E-state index >= 15 is 0 Å². The van der Waals surface area contributed by atoms with Crippen molar-refractivity contribution in [1.82, 2.24) is 4.90 Å². The first-order chi connectivity index (χ1) is 9.35. The van der Waals surface area contributed by atoms with Crippen molar-refractivity contribution in [3.05, 3.63) is 35.4 Å². The maximum atomic E-state index is 11.5. The van der Waals surface area contributed by atoms with Crippen LogP contribution in [0.5, 0.6) is 0 Å². The Kier molecular flexibility index (Phi) is 6.16. The topological polar surface area (TPSA) is 113 Å². The van der Waals surface area contributed by atoms with Crippen LogP contribution in [-0.2, 0) is 22.0 Å². The van der Waals surface area contributed by atoms with Crippen molar-refractivity contribution in [1.29, 1.82) is 0 Å². The van der Waals surface area contributed by atoms with Crippen molar-refractivity contribution >= 4 is 13.7 Å². The van der Waals surface area contributed by atoms with Crippen LogP contribution in [0, 0.1) is 0 Å². The van der Waals surface area contributed by atoms with E-state index in [9.17, 15) is 9.36 Å². The molecular weight excluding hydrogens is 283 g/mol. The van der Waals surface area contributed by atoms with Gasteiger partial charge in [-0.2, -0.15) is 0 Å². The number of nitrogens with two attached hydrogens (primary N) is 1. The molecular formula is C12H19N2O5P. The van der Waals surface area contributed by atoms with Crippen LogP contribution in [-0.4, -0.2) is 41.0 Å². The molecule has 0 radical (unpaired) electrons. The number of methoxy groups -OCH3 is 1. The summed E-state index contributed by atoms with van der Waals surface area (Å²) in [6.45, 7) is 1.03. The molecule has 1 aromatic carbocycles. The predicted octanol–water partition coefficient (Wildman–Crippen LogP) is 0.891. The second kappa shape index (κ2) is 7.40. The first kappa shape index (κ1) is 16.7. The van der Waals surface area contributed by atoms with Gasteiger partial charge in [-0.1, -0.05) is 24.3 Å². The SMILES string of the molecule is COC(=O)N(CCN)Cc1ccc(CP(=O)(O)O)cc1. The maximum Gasteiger partial charge on any atom is 0.409 e. The third-order valence-electron chi connectivity index (χ3n) is 2.62. The Morgan fingerprint density at radius 1 is 1.30 bits per heavy atom. The Labute approximate surface area is 117 Å². The van der Waals surface area contributed by atoms with Crippen molar-refractivity contribution < 1.29 is 23.9 Å². The molecule has 0 saturated heterocycles. The van der Waals surface area contributed by atoms with Crippen molar-refractivity contribution in [2.45, 2.75) is 12.7 Å². The summed E-state index contributed by atoms with van der Waals surface area (Å²) in [7, 11) is -2.76. The molecule has 1 aromatic rings. The zero-order valence-electron chi connectivity index (χ0n) is 11.2. The lowest BCUT2D eigenvalue weighted by atomic mass is 10.1. The summed E-state index contributed by atoms with van der Waals surface area (Å²) < 4.78 is 15.5. The molecule has 4 N–H and O–H groups in total. The lowest BCUT2D eigenvalue weighted by molar-refractivity contribution is 0.122. The molecule has 0 aromatic heterocycles. The van der Waals surface area contributed by atoms with Crippen molar-refractivity contribution in [2.75, 3.05) is 20.2 Å². The molecule has 0 saturated carbocycles. The summed E-state index contributed by atoms with van der Waals surface area (Å²) in [5.41, 5.74) is 6.81. The van der Waals surface area contributed by atoms with E-state index in [1.165, 1.54) is 12.0 Å². The molecule has 1 amide bonds. The van der Waals surface area contributed by atoms with E-state index in [2.05, 4.69) is 4.74 Å². The maximum absolute atomic E-state index is 11.5. The Morgan fingerprint density at radius 2 is 1.85 bits per heavy atom. The Balaban J connectivity index is 2.72. The highest BCUT2D eigenvalue weighted by atomic mass is 31.2. The number of carbonyl (C=O) groups excluding carboxylic acids is 1. The summed E-state index contributed by atoms with van der Waals surface area (Å²) in [6, 6.07) is 6.70. The van der Waals surface area contributed by atoms with E-state index < -0.39 is 13.7 Å². The van der Waals surface area contributed by atoms with Gasteiger partial charge in [0.1, 0.15) is 0 Å². The summed E-state index contributed by atoms with van der Waals surface area (Å²) in [4.78, 5) is 30.7. The average molecular weight is 302 g/mol. The Morgan fingerprint density at radius 3 is 2.30 bits per heavy atom. The van der Waals surface area contributed by atoms with Gasteiger partial charge in [-0.15, -0.1) is 0 Å². The number of hydrogen-bond acceptors (Lipinski definition) is 4. The average Bonchev–Trinajstić information content (AvgIpc) is 2.38. The molecule has 8 heteroatoms. The normalized spacial score (nSPS) is 11.2. The molecule has 0 aliphatic rings. The second-order valence-electron chi connectivity index (χ2n) is 4.32. The third-order valence-corrected chi connectivity index (χ3v) is 3.39. The smallest absolute Gasteiger partial charge is 0.409 e. The van der Waals surface area contributed by atoms with Crippen LogP contribution < -0.4 is 5.73 Å². The molecule has 0 spiro atoms. The van der Waals surface area contributed by atoms with E-state index in [4.69, 9.17) is 15.5 Å². The molecule has 0 atom stereocenters. The molecule has 112 valence electrons. The van der Waals surface area contributed by atoms with Gasteiger partial charge in [0, 0.05) is 19.6 Å². The standard InChI is InChI=1S/C12H19N2O5P/c1-19-12(15)14(7-6-13)8-10-2-4-11(5-3-10)9-20(16,17)18/h2-5H,6-9,13H2,1H3,(H2,16,17,18). The zero-order chi connectivity index (χ0) is 15.2. The summed E-state index contributed by atoms with van der Waals surface area (Å²) in [5, 5.41) is 0. The van der Waals surface area contributed by atoms with Crippen LogP contribution in [0.1, 0.15) is 11.1 Å². The second-order valence-corrected chi connectivity index (χ2v) is 5.97. The number of ether oxygens (including phenoxy) is 1. The quantitative estimate of drug-likeness (QED) is 0.673. The minimum Gasteiger partial charge on any atom is -0.453 e. The highest BCUT2D eigenvalue weighted by molar-refractivity contribution is 7.50. The molecule has 7 nitrogen and oxygen atoms in total. The number of hydrogen-bond donors (Lipinski definition) is 3. The molecule has 0 unspecified atom stereocenters. The third kappa shape index (κ3) is 5.71. The highest BCUT2D eigenvalue weighted by Crippen LogP contribution is 2.38. The van der Waals surface area contributed by atoms with Crippen LogP contribution in [0.2, 0.25) is 0 Å². The molecule has 0 aliphatic carbocycles. The van der Waals surface area contributed by atoms with Gasteiger partial charge >= 0.3 is 13.7 Å². The lowest BCUT2D eigenvalue weighted by Gasteiger charge is -2.20. The fourth-order valence-corrected chi connectivity index (χ4v) is 2.41. The van der Waals surface area contributed by atoms with E-state index in [0.29, 0.717) is 25.2 Å². The van der Waals surface area contributed by atoms with Crippen LogP contribution in [0.25, 0.3) is 0 Å². The lowest BCUT2D eigenvalue weighted by Crippen LogP contribution is -2.34. The monoisotopic (exact) mass is 302 g/mol. The van der Waals surface area contributed by atoms with E-state index in [1.54, 1.807) is 24.3 Å². The van der Waals surface area contributed by atoms with Gasteiger partial charge in [0.25, 0.3) is 0 Å². The van der Waals surface area contributed by atoms with Gasteiger partial charge in [0.15, 0.2) is 0 Å².